The summed E-state index contributed by atoms with van der Waals surface area (Å²) >= 11 is 0. The average molecular weight is 322 g/mol. The molecule has 7 heteroatoms. The van der Waals surface area contributed by atoms with Crippen molar-refractivity contribution < 1.29 is 14.3 Å². The van der Waals surface area contributed by atoms with Gasteiger partial charge in [0.25, 0.3) is 0 Å². The predicted octanol–water partition coefficient (Wildman–Crippen LogP) is 2.40. The maximum absolute atomic E-state index is 11.7. The molecule has 0 unspecified atom stereocenters. The van der Waals surface area contributed by atoms with Crippen molar-refractivity contribution in [3.05, 3.63) is 24.3 Å². The fourth-order valence-corrected chi connectivity index (χ4v) is 1.67. The van der Waals surface area contributed by atoms with Crippen molar-refractivity contribution in [2.45, 2.75) is 26.4 Å². The average Bonchev–Trinajstić information content (AvgIpc) is 2.42. The number of ether oxygens (including phenoxy) is 1. The van der Waals surface area contributed by atoms with Crippen LogP contribution in [0.15, 0.2) is 24.3 Å². The molecule has 0 saturated heterocycles. The van der Waals surface area contributed by atoms with Gasteiger partial charge in [0.05, 0.1) is 0 Å². The third kappa shape index (κ3) is 7.94. The van der Waals surface area contributed by atoms with Crippen molar-refractivity contribution in [1.82, 2.24) is 10.6 Å². The zero-order valence-corrected chi connectivity index (χ0v) is 14.4. The predicted molar refractivity (Wildman–Crippen MR) is 92.0 cm³/mol. The number of carbonyl (C=O) groups is 2. The van der Waals surface area contributed by atoms with Crippen molar-refractivity contribution in [3.63, 3.8) is 0 Å². The summed E-state index contributed by atoms with van der Waals surface area (Å²) < 4.78 is 5.09. The van der Waals surface area contributed by atoms with Crippen LogP contribution in [0.3, 0.4) is 0 Å². The van der Waals surface area contributed by atoms with Crippen LogP contribution in [0.25, 0.3) is 0 Å². The lowest BCUT2D eigenvalue weighted by molar-refractivity contribution is 0.0528. The number of urea groups is 1. The van der Waals surface area contributed by atoms with Gasteiger partial charge < -0.3 is 25.6 Å². The highest BCUT2D eigenvalue weighted by molar-refractivity contribution is 5.89. The summed E-state index contributed by atoms with van der Waals surface area (Å²) in [5.41, 5.74) is 1.22. The molecule has 0 aliphatic carbocycles. The van der Waals surface area contributed by atoms with E-state index in [1.807, 2.05) is 43.3 Å². The van der Waals surface area contributed by atoms with Crippen molar-refractivity contribution in [3.8, 4) is 0 Å². The number of hydrogen-bond acceptors (Lipinski definition) is 4. The van der Waals surface area contributed by atoms with Gasteiger partial charge in [-0.1, -0.05) is 0 Å². The zero-order chi connectivity index (χ0) is 17.5. The number of anilines is 2. The highest BCUT2D eigenvalue weighted by Gasteiger charge is 2.15. The van der Waals surface area contributed by atoms with Gasteiger partial charge >= 0.3 is 12.1 Å². The van der Waals surface area contributed by atoms with E-state index >= 15 is 0 Å². The molecule has 0 saturated carbocycles. The lowest BCUT2D eigenvalue weighted by Gasteiger charge is -2.19. The molecule has 0 radical (unpaired) electrons. The molecular weight excluding hydrogens is 296 g/mol. The standard InChI is InChI=1S/C16H26N4O3/c1-16(2,3)23-15(22)18-11-10-17-14(21)19-12-6-8-13(9-7-12)20(4)5/h6-9H,10-11H2,1-5H3,(H,18,22)(H2,17,19,21). The van der Waals surface area contributed by atoms with E-state index in [1.54, 1.807) is 20.8 Å². The summed E-state index contributed by atoms with van der Waals surface area (Å²) in [7, 11) is 3.90. The van der Waals surface area contributed by atoms with E-state index in [4.69, 9.17) is 4.74 Å². The molecule has 0 aliphatic rings. The van der Waals surface area contributed by atoms with Gasteiger partial charge in [-0.2, -0.15) is 0 Å². The lowest BCUT2D eigenvalue weighted by atomic mass is 10.2. The number of nitrogens with one attached hydrogen (secondary N) is 3. The van der Waals surface area contributed by atoms with Crippen LogP contribution in [0.5, 0.6) is 0 Å². The maximum atomic E-state index is 11.7. The molecule has 3 amide bonds. The smallest absolute Gasteiger partial charge is 0.407 e. The molecule has 0 spiro atoms. The van der Waals surface area contributed by atoms with Crippen molar-refractivity contribution in [2.24, 2.45) is 0 Å². The van der Waals surface area contributed by atoms with Crippen molar-refractivity contribution in [1.29, 1.82) is 0 Å². The molecule has 0 fully saturated rings. The number of amides is 3. The van der Waals surface area contributed by atoms with Gasteiger partial charge in [0.2, 0.25) is 0 Å². The summed E-state index contributed by atoms with van der Waals surface area (Å²) in [6.07, 6.45) is -0.501. The Labute approximate surface area is 137 Å². The van der Waals surface area contributed by atoms with Gasteiger partial charge in [-0.3, -0.25) is 0 Å². The van der Waals surface area contributed by atoms with Crippen molar-refractivity contribution in [2.75, 3.05) is 37.4 Å². The molecule has 1 aromatic rings. The summed E-state index contributed by atoms with van der Waals surface area (Å²) in [6.45, 7) is 5.97. The Kier molecular flexibility index (Phi) is 6.68. The first kappa shape index (κ1) is 18.6. The molecule has 23 heavy (non-hydrogen) atoms. The van der Waals surface area contributed by atoms with E-state index < -0.39 is 11.7 Å². The first-order valence-electron chi connectivity index (χ1n) is 7.46. The van der Waals surface area contributed by atoms with E-state index in [-0.39, 0.29) is 6.03 Å². The minimum atomic E-state index is -0.534. The van der Waals surface area contributed by atoms with Gasteiger partial charge in [-0.25, -0.2) is 9.59 Å². The Bertz CT molecular complexity index is 521. The Morgan fingerprint density at radius 3 is 2.13 bits per heavy atom. The molecule has 3 N–H and O–H groups in total. The summed E-state index contributed by atoms with van der Waals surface area (Å²) in [4.78, 5) is 25.1. The third-order valence-electron chi connectivity index (χ3n) is 2.72. The Morgan fingerprint density at radius 1 is 1.04 bits per heavy atom. The Morgan fingerprint density at radius 2 is 1.61 bits per heavy atom. The number of rotatable bonds is 5. The topological polar surface area (TPSA) is 82.7 Å². The fraction of sp³-hybridized carbons (Fsp3) is 0.500. The van der Waals surface area contributed by atoms with E-state index in [0.717, 1.165) is 5.69 Å². The van der Waals surface area contributed by atoms with Crippen molar-refractivity contribution >= 4 is 23.5 Å². The quantitative estimate of drug-likeness (QED) is 0.727. The van der Waals surface area contributed by atoms with Crippen LogP contribution in [0.2, 0.25) is 0 Å². The highest BCUT2D eigenvalue weighted by Crippen LogP contribution is 2.15. The van der Waals surface area contributed by atoms with E-state index in [0.29, 0.717) is 18.8 Å². The van der Waals surface area contributed by atoms with Gasteiger partial charge in [0.15, 0.2) is 0 Å². The molecule has 0 aliphatic heterocycles. The molecule has 0 bridgehead atoms. The molecule has 7 nitrogen and oxygen atoms in total. The Hall–Kier alpha value is -2.44. The van der Waals surface area contributed by atoms with Crippen LogP contribution >= 0.6 is 0 Å². The highest BCUT2D eigenvalue weighted by atomic mass is 16.6. The Balaban J connectivity index is 2.25. The van der Waals surface area contributed by atoms with Gasteiger partial charge in [0, 0.05) is 38.6 Å². The normalized spacial score (nSPS) is 10.7. The van der Waals surface area contributed by atoms with Crippen LogP contribution in [-0.4, -0.2) is 44.9 Å². The second-order valence-electron chi connectivity index (χ2n) is 6.25. The number of hydrogen-bond donors (Lipinski definition) is 3. The fourth-order valence-electron chi connectivity index (χ4n) is 1.67. The third-order valence-corrected chi connectivity index (χ3v) is 2.72. The molecule has 0 atom stereocenters. The summed E-state index contributed by atoms with van der Waals surface area (Å²) in [6, 6.07) is 7.16. The van der Waals surface area contributed by atoms with Crippen LogP contribution in [0.4, 0.5) is 21.0 Å². The van der Waals surface area contributed by atoms with E-state index in [1.165, 1.54) is 0 Å². The van der Waals surface area contributed by atoms with E-state index in [2.05, 4.69) is 16.0 Å². The van der Waals surface area contributed by atoms with Gasteiger partial charge in [-0.05, 0) is 45.0 Å². The molecule has 0 aromatic heterocycles. The van der Waals surface area contributed by atoms with Crippen LogP contribution in [-0.2, 0) is 4.74 Å². The SMILES string of the molecule is CN(C)c1ccc(NC(=O)NCCNC(=O)OC(C)(C)C)cc1. The molecular formula is C16H26N4O3. The molecule has 0 heterocycles. The van der Waals surface area contributed by atoms with Crippen LogP contribution in [0.1, 0.15) is 20.8 Å². The number of nitrogens with zero attached hydrogens (tertiary/aromatic N) is 1. The van der Waals surface area contributed by atoms with E-state index in [9.17, 15) is 9.59 Å². The number of alkyl carbamates (subject to hydrolysis) is 1. The number of benzene rings is 1. The lowest BCUT2D eigenvalue weighted by Crippen LogP contribution is -2.39. The molecule has 128 valence electrons. The minimum absolute atomic E-state index is 0.294. The maximum Gasteiger partial charge on any atom is 0.407 e. The monoisotopic (exact) mass is 322 g/mol. The first-order chi connectivity index (χ1) is 10.7. The first-order valence-corrected chi connectivity index (χ1v) is 7.46. The van der Waals surface area contributed by atoms with Crippen LogP contribution in [0, 0.1) is 0 Å². The minimum Gasteiger partial charge on any atom is -0.444 e. The second kappa shape index (κ2) is 8.26. The summed E-state index contributed by atoms with van der Waals surface area (Å²) in [5.74, 6) is 0. The largest absolute Gasteiger partial charge is 0.444 e. The zero-order valence-electron chi connectivity index (χ0n) is 14.4. The molecule has 1 rings (SSSR count). The second-order valence-corrected chi connectivity index (χ2v) is 6.25. The van der Waals surface area contributed by atoms with Gasteiger partial charge in [0.1, 0.15) is 5.60 Å². The van der Waals surface area contributed by atoms with Gasteiger partial charge in [-0.15, -0.1) is 0 Å². The number of carbonyl (C=O) groups excluding carboxylic acids is 2. The summed E-state index contributed by atoms with van der Waals surface area (Å²) in [5, 5.41) is 7.95. The molecule has 1 aromatic carbocycles. The van der Waals surface area contributed by atoms with Crippen LogP contribution < -0.4 is 20.9 Å².